The lowest BCUT2D eigenvalue weighted by atomic mass is 9.85. The van der Waals surface area contributed by atoms with E-state index < -0.39 is 6.10 Å². The van der Waals surface area contributed by atoms with Gasteiger partial charge in [-0.2, -0.15) is 11.8 Å². The first-order valence-corrected chi connectivity index (χ1v) is 11.7. The van der Waals surface area contributed by atoms with Gasteiger partial charge in [-0.05, 0) is 43.6 Å². The van der Waals surface area contributed by atoms with Crippen LogP contribution >= 0.6 is 23.1 Å². The first kappa shape index (κ1) is 20.1. The molecule has 2 aliphatic heterocycles. The Morgan fingerprint density at radius 2 is 2.27 bits per heavy atom. The van der Waals surface area contributed by atoms with E-state index in [0.29, 0.717) is 13.0 Å². The van der Waals surface area contributed by atoms with E-state index in [1.807, 2.05) is 24.8 Å². The highest BCUT2D eigenvalue weighted by Gasteiger charge is 2.42. The van der Waals surface area contributed by atoms with E-state index in [-0.39, 0.29) is 11.5 Å². The lowest BCUT2D eigenvalue weighted by molar-refractivity contribution is -0.0943. The Bertz CT molecular complexity index is 612. The average molecular weight is 399 g/mol. The Morgan fingerprint density at radius 3 is 2.96 bits per heavy atom. The first-order chi connectivity index (χ1) is 12.6. The number of hydrogen-bond acceptors (Lipinski definition) is 6. The number of ether oxygens (including phenoxy) is 1. The van der Waals surface area contributed by atoms with Crippen LogP contribution in [0.4, 0.5) is 0 Å². The fourth-order valence-electron chi connectivity index (χ4n) is 3.71. The maximum absolute atomic E-state index is 12.5. The molecule has 1 aromatic heterocycles. The quantitative estimate of drug-likeness (QED) is 0.739. The number of nitrogens with one attached hydrogen (secondary N) is 1. The maximum atomic E-state index is 12.5. The first-order valence-electron chi connectivity index (χ1n) is 9.52. The van der Waals surface area contributed by atoms with Gasteiger partial charge < -0.3 is 20.1 Å². The molecule has 1 fully saturated rings. The number of likely N-dealkylation sites (tertiary alicyclic amines) is 1. The minimum Gasteiger partial charge on any atom is -0.391 e. The highest BCUT2D eigenvalue weighted by Crippen LogP contribution is 2.45. The van der Waals surface area contributed by atoms with E-state index in [2.05, 4.69) is 16.5 Å². The fraction of sp³-hybridized carbons (Fsp3) is 0.737. The summed E-state index contributed by atoms with van der Waals surface area (Å²) in [5.41, 5.74) is 1.08. The summed E-state index contributed by atoms with van der Waals surface area (Å²) < 4.78 is 6.30. The molecule has 2 N–H and O–H groups in total. The van der Waals surface area contributed by atoms with Gasteiger partial charge in [-0.3, -0.25) is 4.79 Å². The topological polar surface area (TPSA) is 61.8 Å². The van der Waals surface area contributed by atoms with Gasteiger partial charge in [0.15, 0.2) is 0 Å². The summed E-state index contributed by atoms with van der Waals surface area (Å²) in [5.74, 6) is 1.09. The Labute approximate surface area is 164 Å². The van der Waals surface area contributed by atoms with Gasteiger partial charge >= 0.3 is 0 Å². The second-order valence-corrected chi connectivity index (χ2v) is 9.20. The monoisotopic (exact) mass is 398 g/mol. The smallest absolute Gasteiger partial charge is 0.261 e. The number of thiophene rings is 1. The molecule has 0 bridgehead atoms. The Balaban J connectivity index is 1.68. The molecule has 0 aromatic carbocycles. The van der Waals surface area contributed by atoms with E-state index >= 15 is 0 Å². The summed E-state index contributed by atoms with van der Waals surface area (Å²) in [4.78, 5) is 17.0. The molecule has 1 unspecified atom stereocenters. The van der Waals surface area contributed by atoms with Crippen molar-refractivity contribution < 1.29 is 14.6 Å². The Hall–Kier alpha value is -0.600. The molecule has 3 heterocycles. The molecule has 5 nitrogen and oxygen atoms in total. The number of fused-ring (bicyclic) bond motifs is 2. The van der Waals surface area contributed by atoms with Crippen molar-refractivity contribution in [2.45, 2.75) is 44.3 Å². The zero-order valence-corrected chi connectivity index (χ0v) is 17.4. The van der Waals surface area contributed by atoms with Crippen LogP contribution in [0.25, 0.3) is 0 Å². The van der Waals surface area contributed by atoms with Gasteiger partial charge in [-0.1, -0.05) is 6.92 Å². The predicted molar refractivity (Wildman–Crippen MR) is 108 cm³/mol. The number of carbonyl (C=O) groups excluding carboxylic acids is 1. The van der Waals surface area contributed by atoms with Gasteiger partial charge in [-0.25, -0.2) is 0 Å². The van der Waals surface area contributed by atoms with Crippen molar-refractivity contribution in [1.82, 2.24) is 10.2 Å². The Morgan fingerprint density at radius 1 is 1.50 bits per heavy atom. The molecule has 146 valence electrons. The van der Waals surface area contributed by atoms with E-state index in [1.165, 1.54) is 16.2 Å². The molecular formula is C19H30N2O3S2. The fourth-order valence-corrected chi connectivity index (χ4v) is 5.47. The molecule has 0 saturated carbocycles. The van der Waals surface area contributed by atoms with Crippen molar-refractivity contribution >= 4 is 29.0 Å². The lowest BCUT2D eigenvalue weighted by Gasteiger charge is -2.43. The number of hydrogen-bond donors (Lipinski definition) is 2. The highest BCUT2D eigenvalue weighted by atomic mass is 32.2. The van der Waals surface area contributed by atoms with Gasteiger partial charge in [0.2, 0.25) is 0 Å². The van der Waals surface area contributed by atoms with E-state index in [0.717, 1.165) is 50.4 Å². The SMILES string of the molecule is CCC(O)CNC(=O)c1cc2c(s1)C1(CCN(CCSC)CC1)OCC2. The third-order valence-electron chi connectivity index (χ3n) is 5.44. The molecule has 1 saturated heterocycles. The lowest BCUT2D eigenvalue weighted by Crippen LogP contribution is -2.46. The number of aliphatic hydroxyl groups is 1. The molecule has 0 radical (unpaired) electrons. The van der Waals surface area contributed by atoms with Gasteiger partial charge in [-0.15, -0.1) is 11.3 Å². The van der Waals surface area contributed by atoms with Crippen molar-refractivity contribution in [1.29, 1.82) is 0 Å². The van der Waals surface area contributed by atoms with E-state index in [9.17, 15) is 9.90 Å². The molecule has 1 spiro atoms. The van der Waals surface area contributed by atoms with Crippen LogP contribution in [0.1, 0.15) is 46.3 Å². The average Bonchev–Trinajstić information content (AvgIpc) is 3.11. The van der Waals surface area contributed by atoms with Crippen LogP contribution in [-0.4, -0.2) is 66.8 Å². The third kappa shape index (κ3) is 4.44. The largest absolute Gasteiger partial charge is 0.391 e. The summed E-state index contributed by atoms with van der Waals surface area (Å²) in [5, 5.41) is 12.5. The third-order valence-corrected chi connectivity index (χ3v) is 7.39. The van der Waals surface area contributed by atoms with E-state index in [1.54, 1.807) is 11.3 Å². The zero-order chi connectivity index (χ0) is 18.6. The van der Waals surface area contributed by atoms with Gasteiger partial charge in [0.05, 0.1) is 17.6 Å². The highest BCUT2D eigenvalue weighted by molar-refractivity contribution is 7.98. The van der Waals surface area contributed by atoms with E-state index in [4.69, 9.17) is 4.74 Å². The zero-order valence-electron chi connectivity index (χ0n) is 15.8. The summed E-state index contributed by atoms with van der Waals surface area (Å²) in [7, 11) is 0. The number of amides is 1. The normalized spacial score (nSPS) is 20.7. The van der Waals surface area contributed by atoms with Crippen LogP contribution in [0.15, 0.2) is 6.07 Å². The summed E-state index contributed by atoms with van der Waals surface area (Å²) in [6, 6.07) is 2.04. The van der Waals surface area contributed by atoms with Crippen molar-refractivity contribution in [2.75, 3.05) is 44.8 Å². The van der Waals surface area contributed by atoms with Crippen molar-refractivity contribution in [3.63, 3.8) is 0 Å². The van der Waals surface area contributed by atoms with Crippen LogP contribution in [-0.2, 0) is 16.8 Å². The van der Waals surface area contributed by atoms with Crippen molar-refractivity contribution in [3.8, 4) is 0 Å². The molecule has 1 atom stereocenters. The Kier molecular flexibility index (Phi) is 7.02. The molecule has 1 amide bonds. The number of carbonyl (C=O) groups is 1. The van der Waals surface area contributed by atoms with Gasteiger partial charge in [0.1, 0.15) is 5.60 Å². The molecule has 0 aliphatic carbocycles. The predicted octanol–water partition coefficient (Wildman–Crippen LogP) is 2.48. The number of rotatable bonds is 7. The molecule has 3 rings (SSSR count). The minimum atomic E-state index is -0.478. The minimum absolute atomic E-state index is 0.0792. The van der Waals surface area contributed by atoms with Crippen LogP contribution in [0, 0.1) is 0 Å². The van der Waals surface area contributed by atoms with Crippen LogP contribution in [0.5, 0.6) is 0 Å². The summed E-state index contributed by atoms with van der Waals surface area (Å²) in [6.45, 7) is 6.22. The second kappa shape index (κ2) is 9.06. The standard InChI is InChI=1S/C19H30N2O3S2/c1-3-15(22)13-20-18(23)16-12-14-4-10-24-19(17(14)26-16)5-7-21(8-6-19)9-11-25-2/h12,15,22H,3-11,13H2,1-2H3,(H,20,23). The van der Waals surface area contributed by atoms with Crippen molar-refractivity contribution in [3.05, 3.63) is 21.4 Å². The van der Waals surface area contributed by atoms with Crippen LogP contribution in [0.2, 0.25) is 0 Å². The second-order valence-electron chi connectivity index (χ2n) is 7.16. The molecule has 1 aromatic rings. The van der Waals surface area contributed by atoms with Gasteiger partial charge in [0, 0.05) is 36.8 Å². The molecule has 26 heavy (non-hydrogen) atoms. The van der Waals surface area contributed by atoms with Crippen LogP contribution in [0.3, 0.4) is 0 Å². The number of thioether (sulfide) groups is 1. The van der Waals surface area contributed by atoms with Gasteiger partial charge in [0.25, 0.3) is 5.91 Å². The number of nitrogens with zero attached hydrogens (tertiary/aromatic N) is 1. The number of piperidine rings is 1. The van der Waals surface area contributed by atoms with Crippen LogP contribution < -0.4 is 5.32 Å². The number of aliphatic hydroxyl groups excluding tert-OH is 1. The molecule has 7 heteroatoms. The molecular weight excluding hydrogens is 368 g/mol. The maximum Gasteiger partial charge on any atom is 0.261 e. The summed E-state index contributed by atoms with van der Waals surface area (Å²) in [6.07, 6.45) is 5.21. The molecule has 2 aliphatic rings. The summed E-state index contributed by atoms with van der Waals surface area (Å²) >= 11 is 3.48. The van der Waals surface area contributed by atoms with Crippen molar-refractivity contribution in [2.24, 2.45) is 0 Å².